The summed E-state index contributed by atoms with van der Waals surface area (Å²) in [4.78, 5) is 20.9. The van der Waals surface area contributed by atoms with Crippen molar-refractivity contribution in [2.75, 3.05) is 0 Å². The van der Waals surface area contributed by atoms with Gasteiger partial charge in [0.15, 0.2) is 0 Å². The molecule has 0 aliphatic rings. The van der Waals surface area contributed by atoms with Crippen LogP contribution in [0.5, 0.6) is 0 Å². The smallest absolute Gasteiger partial charge is 0.308 e. The van der Waals surface area contributed by atoms with Gasteiger partial charge >= 0.3 is 11.9 Å². The summed E-state index contributed by atoms with van der Waals surface area (Å²) >= 11 is 0. The molecule has 15 heavy (non-hydrogen) atoms. The minimum absolute atomic E-state index is 0.149. The average Bonchev–Trinajstić information content (AvgIpc) is 2.08. The third kappa shape index (κ3) is 6.90. The standard InChI is InChI=1S/C10H19NO4/c1-7(11)8(10(14)15)5-3-2-4-6-9(12)13/h7-8H,2-6,11H2,1H3,(H,12,13)(H,14,15). The van der Waals surface area contributed by atoms with Crippen LogP contribution in [0.2, 0.25) is 0 Å². The second kappa shape index (κ2) is 7.23. The van der Waals surface area contributed by atoms with Gasteiger partial charge in [0.1, 0.15) is 0 Å². The van der Waals surface area contributed by atoms with E-state index in [2.05, 4.69) is 0 Å². The normalized spacial score (nSPS) is 14.5. The van der Waals surface area contributed by atoms with Gasteiger partial charge in [-0.2, -0.15) is 0 Å². The van der Waals surface area contributed by atoms with E-state index in [1.807, 2.05) is 0 Å². The fourth-order valence-electron chi connectivity index (χ4n) is 1.43. The molecule has 0 radical (unpaired) electrons. The van der Waals surface area contributed by atoms with E-state index in [9.17, 15) is 9.59 Å². The van der Waals surface area contributed by atoms with Crippen LogP contribution in [0.1, 0.15) is 39.0 Å². The number of carboxylic acid groups (broad SMARTS) is 2. The summed E-state index contributed by atoms with van der Waals surface area (Å²) < 4.78 is 0. The van der Waals surface area contributed by atoms with Crippen molar-refractivity contribution in [3.63, 3.8) is 0 Å². The lowest BCUT2D eigenvalue weighted by molar-refractivity contribution is -0.142. The van der Waals surface area contributed by atoms with E-state index >= 15 is 0 Å². The molecular weight excluding hydrogens is 198 g/mol. The summed E-state index contributed by atoms with van der Waals surface area (Å²) in [5.41, 5.74) is 5.53. The number of nitrogens with two attached hydrogens (primary N) is 1. The van der Waals surface area contributed by atoms with Gasteiger partial charge in [0.2, 0.25) is 0 Å². The number of carboxylic acids is 2. The minimum atomic E-state index is -0.872. The van der Waals surface area contributed by atoms with Crippen molar-refractivity contribution in [3.8, 4) is 0 Å². The van der Waals surface area contributed by atoms with Crippen LogP contribution in [0.25, 0.3) is 0 Å². The molecule has 0 amide bonds. The van der Waals surface area contributed by atoms with Crippen LogP contribution in [0.15, 0.2) is 0 Å². The van der Waals surface area contributed by atoms with Crippen LogP contribution in [0.4, 0.5) is 0 Å². The molecule has 0 saturated carbocycles. The summed E-state index contributed by atoms with van der Waals surface area (Å²) in [5.74, 6) is -2.20. The SMILES string of the molecule is CC(N)C(CCCCCC(=O)O)C(=O)O. The predicted molar refractivity (Wildman–Crippen MR) is 55.5 cm³/mol. The van der Waals surface area contributed by atoms with Crippen molar-refractivity contribution in [2.24, 2.45) is 11.7 Å². The zero-order valence-corrected chi connectivity index (χ0v) is 8.98. The average molecular weight is 217 g/mol. The summed E-state index contributed by atoms with van der Waals surface area (Å²) in [7, 11) is 0. The van der Waals surface area contributed by atoms with Gasteiger partial charge in [-0.15, -0.1) is 0 Å². The number of unbranched alkanes of at least 4 members (excludes halogenated alkanes) is 2. The monoisotopic (exact) mass is 217 g/mol. The van der Waals surface area contributed by atoms with Gasteiger partial charge in [-0.3, -0.25) is 9.59 Å². The Balaban J connectivity index is 3.63. The summed E-state index contributed by atoms with van der Waals surface area (Å²) in [6.45, 7) is 1.68. The van der Waals surface area contributed by atoms with Gasteiger partial charge in [-0.25, -0.2) is 0 Å². The number of hydrogen-bond donors (Lipinski definition) is 3. The molecule has 5 nitrogen and oxygen atoms in total. The Morgan fingerprint density at radius 2 is 1.80 bits per heavy atom. The Morgan fingerprint density at radius 3 is 2.20 bits per heavy atom. The van der Waals surface area contributed by atoms with Crippen molar-refractivity contribution in [2.45, 2.75) is 45.1 Å². The summed E-state index contributed by atoms with van der Waals surface area (Å²) in [5, 5.41) is 17.2. The largest absolute Gasteiger partial charge is 0.481 e. The molecule has 0 aliphatic carbocycles. The van der Waals surface area contributed by atoms with Gasteiger partial charge in [0, 0.05) is 12.5 Å². The van der Waals surface area contributed by atoms with E-state index in [0.717, 1.165) is 6.42 Å². The van der Waals surface area contributed by atoms with E-state index < -0.39 is 17.9 Å². The molecule has 0 heterocycles. The summed E-state index contributed by atoms with van der Waals surface area (Å²) in [6, 6.07) is -0.359. The van der Waals surface area contributed by atoms with E-state index in [4.69, 9.17) is 15.9 Å². The molecule has 0 aliphatic heterocycles. The van der Waals surface area contributed by atoms with Crippen LogP contribution >= 0.6 is 0 Å². The fraction of sp³-hybridized carbons (Fsp3) is 0.800. The van der Waals surface area contributed by atoms with Gasteiger partial charge < -0.3 is 15.9 Å². The Hall–Kier alpha value is -1.10. The maximum absolute atomic E-state index is 10.7. The van der Waals surface area contributed by atoms with Gasteiger partial charge in [0.25, 0.3) is 0 Å². The molecule has 2 unspecified atom stereocenters. The van der Waals surface area contributed by atoms with Crippen LogP contribution in [-0.2, 0) is 9.59 Å². The topological polar surface area (TPSA) is 101 Å². The molecule has 2 atom stereocenters. The molecule has 88 valence electrons. The zero-order chi connectivity index (χ0) is 11.8. The third-order valence-electron chi connectivity index (χ3n) is 2.36. The fourth-order valence-corrected chi connectivity index (χ4v) is 1.43. The second-order valence-electron chi connectivity index (χ2n) is 3.80. The maximum Gasteiger partial charge on any atom is 0.308 e. The molecular formula is C10H19NO4. The molecule has 0 aromatic heterocycles. The first-order chi connectivity index (χ1) is 6.95. The number of carbonyl (C=O) groups is 2. The van der Waals surface area contributed by atoms with Crippen LogP contribution < -0.4 is 5.73 Å². The molecule has 0 spiro atoms. The van der Waals surface area contributed by atoms with Crippen LogP contribution in [0.3, 0.4) is 0 Å². The number of rotatable bonds is 8. The molecule has 0 rings (SSSR count). The van der Waals surface area contributed by atoms with Gasteiger partial charge in [-0.05, 0) is 19.8 Å². The Bertz CT molecular complexity index is 215. The highest BCUT2D eigenvalue weighted by Gasteiger charge is 2.20. The van der Waals surface area contributed by atoms with Crippen molar-refractivity contribution in [3.05, 3.63) is 0 Å². The van der Waals surface area contributed by atoms with E-state index in [1.165, 1.54) is 0 Å². The van der Waals surface area contributed by atoms with E-state index in [-0.39, 0.29) is 12.5 Å². The Labute approximate surface area is 89.3 Å². The van der Waals surface area contributed by atoms with Crippen molar-refractivity contribution >= 4 is 11.9 Å². The minimum Gasteiger partial charge on any atom is -0.481 e. The molecule has 4 N–H and O–H groups in total. The predicted octanol–water partition coefficient (Wildman–Crippen LogP) is 1.07. The lowest BCUT2D eigenvalue weighted by Crippen LogP contribution is -2.32. The lowest BCUT2D eigenvalue weighted by Gasteiger charge is -2.15. The lowest BCUT2D eigenvalue weighted by atomic mass is 9.95. The third-order valence-corrected chi connectivity index (χ3v) is 2.36. The van der Waals surface area contributed by atoms with Crippen molar-refractivity contribution in [1.29, 1.82) is 0 Å². The first-order valence-electron chi connectivity index (χ1n) is 5.15. The zero-order valence-electron chi connectivity index (χ0n) is 8.98. The van der Waals surface area contributed by atoms with Crippen LogP contribution in [0, 0.1) is 5.92 Å². The second-order valence-corrected chi connectivity index (χ2v) is 3.80. The highest BCUT2D eigenvalue weighted by atomic mass is 16.4. The van der Waals surface area contributed by atoms with Crippen molar-refractivity contribution in [1.82, 2.24) is 0 Å². The first-order valence-corrected chi connectivity index (χ1v) is 5.15. The molecule has 0 aromatic carbocycles. The Morgan fingerprint density at radius 1 is 1.20 bits per heavy atom. The number of aliphatic carboxylic acids is 2. The quantitative estimate of drug-likeness (QED) is 0.528. The van der Waals surface area contributed by atoms with Crippen LogP contribution in [-0.4, -0.2) is 28.2 Å². The highest BCUT2D eigenvalue weighted by Crippen LogP contribution is 2.13. The number of hydrogen-bond acceptors (Lipinski definition) is 3. The maximum atomic E-state index is 10.7. The van der Waals surface area contributed by atoms with Crippen molar-refractivity contribution < 1.29 is 19.8 Å². The van der Waals surface area contributed by atoms with E-state index in [1.54, 1.807) is 6.92 Å². The summed E-state index contributed by atoms with van der Waals surface area (Å²) in [6.07, 6.45) is 2.72. The Kier molecular flexibility index (Phi) is 6.70. The first kappa shape index (κ1) is 13.9. The van der Waals surface area contributed by atoms with Gasteiger partial charge in [-0.1, -0.05) is 12.8 Å². The molecule has 5 heteroatoms. The van der Waals surface area contributed by atoms with Gasteiger partial charge in [0.05, 0.1) is 5.92 Å². The molecule has 0 bridgehead atoms. The highest BCUT2D eigenvalue weighted by molar-refractivity contribution is 5.70. The molecule has 0 aromatic rings. The van der Waals surface area contributed by atoms with E-state index in [0.29, 0.717) is 19.3 Å². The molecule has 0 fully saturated rings. The molecule has 0 saturated heterocycles.